The minimum atomic E-state index is 0.740. The van der Waals surface area contributed by atoms with Gasteiger partial charge in [-0.25, -0.2) is 4.98 Å². The van der Waals surface area contributed by atoms with E-state index in [4.69, 9.17) is 16.6 Å². The van der Waals surface area contributed by atoms with Gasteiger partial charge in [0, 0.05) is 33.3 Å². The maximum atomic E-state index is 5.94. The van der Waals surface area contributed by atoms with Crippen molar-refractivity contribution in [3.8, 4) is 22.5 Å². The standard InChI is InChI=1S/C18H12ClN3S2/c19-15-7-5-13(6-8-15)16-10-23-18(20-16)9-12-1-3-14(4-2-12)17-11-24-22-21-17/h1-8,10-11H,9H2. The zero-order valence-corrected chi connectivity index (χ0v) is 14.9. The van der Waals surface area contributed by atoms with Gasteiger partial charge in [0.2, 0.25) is 0 Å². The molecule has 0 aliphatic carbocycles. The van der Waals surface area contributed by atoms with Gasteiger partial charge in [0.25, 0.3) is 0 Å². The highest BCUT2D eigenvalue weighted by atomic mass is 35.5. The van der Waals surface area contributed by atoms with Gasteiger partial charge in [0.1, 0.15) is 5.69 Å². The third-order valence-corrected chi connectivity index (χ3v) is 5.26. The normalized spacial score (nSPS) is 10.9. The molecule has 4 aromatic rings. The zero-order chi connectivity index (χ0) is 16.4. The lowest BCUT2D eigenvalue weighted by atomic mass is 10.1. The van der Waals surface area contributed by atoms with E-state index in [1.807, 2.05) is 29.6 Å². The number of aromatic nitrogens is 3. The SMILES string of the molecule is Clc1ccc(-c2csc(Cc3ccc(-c4csnn4)cc3)n2)cc1. The lowest BCUT2D eigenvalue weighted by Gasteiger charge is -2.00. The van der Waals surface area contributed by atoms with Crippen LogP contribution in [0.1, 0.15) is 10.6 Å². The smallest absolute Gasteiger partial charge is 0.105 e. The number of halogens is 1. The fourth-order valence-corrected chi connectivity index (χ4v) is 3.83. The van der Waals surface area contributed by atoms with Crippen molar-refractivity contribution in [2.24, 2.45) is 0 Å². The van der Waals surface area contributed by atoms with Crippen LogP contribution in [0.3, 0.4) is 0 Å². The van der Waals surface area contributed by atoms with E-state index in [2.05, 4.69) is 39.2 Å². The first kappa shape index (κ1) is 15.4. The first-order chi connectivity index (χ1) is 11.8. The molecule has 4 rings (SSSR count). The third-order valence-electron chi connectivity index (χ3n) is 3.66. The van der Waals surface area contributed by atoms with E-state index < -0.39 is 0 Å². The maximum absolute atomic E-state index is 5.94. The Morgan fingerprint density at radius 2 is 1.54 bits per heavy atom. The van der Waals surface area contributed by atoms with Crippen LogP contribution in [-0.4, -0.2) is 14.6 Å². The quantitative estimate of drug-likeness (QED) is 0.471. The molecule has 0 bridgehead atoms. The molecule has 0 aliphatic rings. The number of benzene rings is 2. The van der Waals surface area contributed by atoms with Crippen molar-refractivity contribution in [1.82, 2.24) is 14.6 Å². The second-order valence-corrected chi connectivity index (χ2v) is 7.29. The van der Waals surface area contributed by atoms with E-state index in [0.717, 1.165) is 39.0 Å². The Labute approximate surface area is 152 Å². The molecule has 3 nitrogen and oxygen atoms in total. The van der Waals surface area contributed by atoms with Crippen molar-refractivity contribution in [2.75, 3.05) is 0 Å². The van der Waals surface area contributed by atoms with Crippen LogP contribution in [0.15, 0.2) is 59.3 Å². The summed E-state index contributed by atoms with van der Waals surface area (Å²) >= 11 is 8.98. The average Bonchev–Trinajstić information content (AvgIpc) is 3.28. The Bertz CT molecular complexity index is 929. The Balaban J connectivity index is 1.50. The van der Waals surface area contributed by atoms with Crippen molar-refractivity contribution in [3.63, 3.8) is 0 Å². The van der Waals surface area contributed by atoms with Gasteiger partial charge in [0.15, 0.2) is 0 Å². The van der Waals surface area contributed by atoms with Crippen LogP contribution in [0.25, 0.3) is 22.5 Å². The van der Waals surface area contributed by atoms with Crippen LogP contribution in [0, 0.1) is 0 Å². The molecular formula is C18H12ClN3S2. The highest BCUT2D eigenvalue weighted by Gasteiger charge is 2.07. The maximum Gasteiger partial charge on any atom is 0.105 e. The Morgan fingerprint density at radius 1 is 0.833 bits per heavy atom. The molecule has 118 valence electrons. The van der Waals surface area contributed by atoms with Gasteiger partial charge in [-0.1, -0.05) is 52.5 Å². The van der Waals surface area contributed by atoms with Crippen LogP contribution in [-0.2, 0) is 6.42 Å². The number of rotatable bonds is 4. The summed E-state index contributed by atoms with van der Waals surface area (Å²) in [6.45, 7) is 0. The van der Waals surface area contributed by atoms with Crippen LogP contribution in [0.5, 0.6) is 0 Å². The predicted octanol–water partition coefficient (Wildman–Crippen LogP) is 5.57. The Morgan fingerprint density at radius 3 is 2.25 bits per heavy atom. The molecule has 2 heterocycles. The van der Waals surface area contributed by atoms with E-state index in [9.17, 15) is 0 Å². The monoisotopic (exact) mass is 369 g/mol. The number of nitrogens with zero attached hydrogens (tertiary/aromatic N) is 3. The lowest BCUT2D eigenvalue weighted by molar-refractivity contribution is 1.13. The van der Waals surface area contributed by atoms with Crippen LogP contribution >= 0.6 is 34.5 Å². The van der Waals surface area contributed by atoms with E-state index in [0.29, 0.717) is 0 Å². The molecule has 0 aliphatic heterocycles. The molecule has 0 radical (unpaired) electrons. The summed E-state index contributed by atoms with van der Waals surface area (Å²) in [7, 11) is 0. The zero-order valence-electron chi connectivity index (χ0n) is 12.5. The number of thiazole rings is 1. The number of hydrogen-bond acceptors (Lipinski definition) is 5. The molecule has 0 amide bonds. The number of hydrogen-bond donors (Lipinski definition) is 0. The summed E-state index contributed by atoms with van der Waals surface area (Å²) in [5, 5.41) is 9.98. The largest absolute Gasteiger partial charge is 0.241 e. The molecule has 2 aromatic heterocycles. The van der Waals surface area contributed by atoms with E-state index >= 15 is 0 Å². The second kappa shape index (κ2) is 6.81. The Hall–Kier alpha value is -2.08. The van der Waals surface area contributed by atoms with Crippen molar-refractivity contribution in [1.29, 1.82) is 0 Å². The highest BCUT2D eigenvalue weighted by molar-refractivity contribution is 7.10. The molecule has 0 saturated carbocycles. The fourth-order valence-electron chi connectivity index (χ4n) is 2.40. The molecule has 0 saturated heterocycles. The van der Waals surface area contributed by atoms with Gasteiger partial charge in [-0.3, -0.25) is 0 Å². The summed E-state index contributed by atoms with van der Waals surface area (Å²) in [4.78, 5) is 4.73. The second-order valence-electron chi connectivity index (χ2n) is 5.30. The lowest BCUT2D eigenvalue weighted by Crippen LogP contribution is -1.88. The molecule has 24 heavy (non-hydrogen) atoms. The minimum absolute atomic E-state index is 0.740. The molecule has 0 spiro atoms. The van der Waals surface area contributed by atoms with Crippen molar-refractivity contribution >= 4 is 34.5 Å². The molecular weight excluding hydrogens is 358 g/mol. The summed E-state index contributed by atoms with van der Waals surface area (Å²) in [5.41, 5.74) is 5.34. The van der Waals surface area contributed by atoms with Gasteiger partial charge in [-0.15, -0.1) is 16.4 Å². The molecule has 0 atom stereocenters. The molecule has 0 unspecified atom stereocenters. The van der Waals surface area contributed by atoms with Crippen LogP contribution < -0.4 is 0 Å². The first-order valence-electron chi connectivity index (χ1n) is 7.35. The minimum Gasteiger partial charge on any atom is -0.241 e. The van der Waals surface area contributed by atoms with Crippen LogP contribution in [0.2, 0.25) is 5.02 Å². The molecule has 0 N–H and O–H groups in total. The summed E-state index contributed by atoms with van der Waals surface area (Å²) in [6.07, 6.45) is 0.827. The summed E-state index contributed by atoms with van der Waals surface area (Å²) in [5.74, 6) is 0. The topological polar surface area (TPSA) is 38.7 Å². The molecule has 6 heteroatoms. The summed E-state index contributed by atoms with van der Waals surface area (Å²) < 4.78 is 3.90. The van der Waals surface area contributed by atoms with Crippen LogP contribution in [0.4, 0.5) is 0 Å². The fraction of sp³-hybridized carbons (Fsp3) is 0.0556. The third kappa shape index (κ3) is 3.38. The summed E-state index contributed by atoms with van der Waals surface area (Å²) in [6, 6.07) is 16.2. The van der Waals surface area contributed by atoms with Gasteiger partial charge in [-0.2, -0.15) is 0 Å². The van der Waals surface area contributed by atoms with Gasteiger partial charge in [0.05, 0.1) is 10.7 Å². The predicted molar refractivity (Wildman–Crippen MR) is 101 cm³/mol. The van der Waals surface area contributed by atoms with Crippen molar-refractivity contribution in [3.05, 3.63) is 74.9 Å². The highest BCUT2D eigenvalue weighted by Crippen LogP contribution is 2.25. The average molecular weight is 370 g/mol. The molecule has 2 aromatic carbocycles. The van der Waals surface area contributed by atoms with Crippen molar-refractivity contribution in [2.45, 2.75) is 6.42 Å². The van der Waals surface area contributed by atoms with E-state index in [1.54, 1.807) is 11.3 Å². The molecule has 0 fully saturated rings. The van der Waals surface area contributed by atoms with E-state index in [1.165, 1.54) is 17.1 Å². The van der Waals surface area contributed by atoms with E-state index in [-0.39, 0.29) is 0 Å². The van der Waals surface area contributed by atoms with Gasteiger partial charge < -0.3 is 0 Å². The van der Waals surface area contributed by atoms with Gasteiger partial charge in [-0.05, 0) is 29.2 Å². The van der Waals surface area contributed by atoms with Crippen molar-refractivity contribution < 1.29 is 0 Å². The van der Waals surface area contributed by atoms with Gasteiger partial charge >= 0.3 is 0 Å². The first-order valence-corrected chi connectivity index (χ1v) is 9.44. The Kier molecular flexibility index (Phi) is 4.38.